The van der Waals surface area contributed by atoms with Crippen molar-refractivity contribution in [2.75, 3.05) is 19.8 Å². The van der Waals surface area contributed by atoms with Crippen LogP contribution < -0.4 is 5.32 Å². The largest absolute Gasteiger partial charge is 0.440 e. The number of benzene rings is 2. The number of piperidine rings is 1. The zero-order valence-electron chi connectivity index (χ0n) is 20.3. The summed E-state index contributed by atoms with van der Waals surface area (Å²) in [7, 11) is 0. The molecule has 178 valence electrons. The van der Waals surface area contributed by atoms with E-state index in [1.165, 1.54) is 10.5 Å². The third-order valence-electron chi connectivity index (χ3n) is 7.19. The Bertz CT molecular complexity index is 1190. The van der Waals surface area contributed by atoms with E-state index in [1.54, 1.807) is 6.92 Å². The highest BCUT2D eigenvalue weighted by molar-refractivity contribution is 6.07. The van der Waals surface area contributed by atoms with Crippen molar-refractivity contribution >= 4 is 23.0 Å². The van der Waals surface area contributed by atoms with Gasteiger partial charge in [-0.05, 0) is 48.4 Å². The molecule has 1 N–H and O–H groups in total. The highest BCUT2D eigenvalue weighted by Gasteiger charge is 2.49. The second-order valence-electron chi connectivity index (χ2n) is 10.7. The summed E-state index contributed by atoms with van der Waals surface area (Å²) in [6, 6.07) is 15.5. The zero-order chi connectivity index (χ0) is 24.1. The summed E-state index contributed by atoms with van der Waals surface area (Å²) in [4.78, 5) is 34.3. The van der Waals surface area contributed by atoms with E-state index in [4.69, 9.17) is 4.42 Å². The molecule has 5 rings (SSSR count). The molecule has 0 spiro atoms. The van der Waals surface area contributed by atoms with Crippen molar-refractivity contribution in [3.63, 3.8) is 0 Å². The second-order valence-corrected chi connectivity index (χ2v) is 10.7. The van der Waals surface area contributed by atoms with Crippen LogP contribution in [0.15, 0.2) is 52.9 Å². The summed E-state index contributed by atoms with van der Waals surface area (Å²) in [6.07, 6.45) is 1.75. The standard InChI is InChI=1S/C27H32N4O3/c1-26(2,3)19-9-11-20(12-10-19)27(4)24(32)31(25(33)29-27)17-30-15-13-18(14-16-30)23-28-21-7-5-6-8-22(21)34-23/h5-12,18H,13-17H2,1-4H3,(H,29,33). The number of rotatable bonds is 4. The average molecular weight is 461 g/mol. The van der Waals surface area contributed by atoms with Gasteiger partial charge < -0.3 is 9.73 Å². The van der Waals surface area contributed by atoms with Crippen LogP contribution in [0.3, 0.4) is 0 Å². The molecular weight excluding hydrogens is 428 g/mol. The lowest BCUT2D eigenvalue weighted by Crippen LogP contribution is -2.46. The van der Waals surface area contributed by atoms with Gasteiger partial charge in [-0.15, -0.1) is 0 Å². The Morgan fingerprint density at radius 3 is 2.38 bits per heavy atom. The van der Waals surface area contributed by atoms with Crippen molar-refractivity contribution in [1.82, 2.24) is 20.1 Å². The molecule has 2 aliphatic rings. The van der Waals surface area contributed by atoms with E-state index in [2.05, 4.69) is 36.0 Å². The molecule has 7 nitrogen and oxygen atoms in total. The van der Waals surface area contributed by atoms with Gasteiger partial charge in [-0.25, -0.2) is 14.7 Å². The Labute approximate surface area is 200 Å². The number of fused-ring (bicyclic) bond motifs is 1. The van der Waals surface area contributed by atoms with Crippen molar-refractivity contribution in [3.05, 3.63) is 65.5 Å². The van der Waals surface area contributed by atoms with Gasteiger partial charge in [0.15, 0.2) is 11.5 Å². The monoisotopic (exact) mass is 460 g/mol. The predicted molar refractivity (Wildman–Crippen MR) is 130 cm³/mol. The average Bonchev–Trinajstić information content (AvgIpc) is 3.34. The number of carbonyl (C=O) groups is 2. The number of nitrogens with one attached hydrogen (secondary N) is 1. The SMILES string of the molecule is CC(C)(C)c1ccc(C2(C)NC(=O)N(CN3CCC(c4nc5ccccc5o4)CC3)C2=O)cc1. The molecule has 0 radical (unpaired) electrons. The van der Waals surface area contributed by atoms with Crippen molar-refractivity contribution < 1.29 is 14.0 Å². The number of oxazole rings is 1. The molecule has 1 aromatic heterocycles. The molecule has 0 aliphatic carbocycles. The Kier molecular flexibility index (Phi) is 5.47. The molecular formula is C27H32N4O3. The number of imide groups is 1. The fraction of sp³-hybridized carbons (Fsp3) is 0.444. The minimum Gasteiger partial charge on any atom is -0.440 e. The Hall–Kier alpha value is -3.19. The van der Waals surface area contributed by atoms with E-state index < -0.39 is 5.54 Å². The first kappa shape index (κ1) is 22.6. The summed E-state index contributed by atoms with van der Waals surface area (Å²) in [6.45, 7) is 10.1. The molecule has 1 unspecified atom stereocenters. The van der Waals surface area contributed by atoms with Crippen LogP contribution in [0.2, 0.25) is 0 Å². The maximum Gasteiger partial charge on any atom is 0.326 e. The molecule has 34 heavy (non-hydrogen) atoms. The lowest BCUT2D eigenvalue weighted by molar-refractivity contribution is -0.132. The van der Waals surface area contributed by atoms with E-state index in [0.29, 0.717) is 6.67 Å². The molecule has 2 aliphatic heterocycles. The van der Waals surface area contributed by atoms with Gasteiger partial charge in [0.2, 0.25) is 0 Å². The molecule has 0 saturated carbocycles. The molecule has 3 amide bonds. The highest BCUT2D eigenvalue weighted by Crippen LogP contribution is 2.33. The van der Waals surface area contributed by atoms with Crippen molar-refractivity contribution in [3.8, 4) is 0 Å². The van der Waals surface area contributed by atoms with Crippen LogP contribution in [0.1, 0.15) is 63.5 Å². The number of likely N-dealkylation sites (tertiary alicyclic amines) is 1. The quantitative estimate of drug-likeness (QED) is 0.570. The highest BCUT2D eigenvalue weighted by atomic mass is 16.3. The van der Waals surface area contributed by atoms with Gasteiger partial charge in [-0.3, -0.25) is 9.69 Å². The fourth-order valence-electron chi connectivity index (χ4n) is 4.91. The van der Waals surface area contributed by atoms with Gasteiger partial charge in [0.1, 0.15) is 11.1 Å². The molecule has 2 aromatic carbocycles. The predicted octanol–water partition coefficient (Wildman–Crippen LogP) is 4.73. The van der Waals surface area contributed by atoms with Crippen LogP contribution >= 0.6 is 0 Å². The van der Waals surface area contributed by atoms with Gasteiger partial charge in [0.05, 0.1) is 6.67 Å². The normalized spacial score (nSPS) is 22.5. The van der Waals surface area contributed by atoms with Gasteiger partial charge in [-0.1, -0.05) is 57.2 Å². The molecule has 3 heterocycles. The van der Waals surface area contributed by atoms with Crippen molar-refractivity contribution in [2.45, 2.75) is 57.4 Å². The number of nitrogens with zero attached hydrogens (tertiary/aromatic N) is 3. The van der Waals surface area contributed by atoms with Gasteiger partial charge >= 0.3 is 6.03 Å². The third-order valence-corrected chi connectivity index (χ3v) is 7.19. The van der Waals surface area contributed by atoms with Crippen LogP contribution in [-0.2, 0) is 15.7 Å². The summed E-state index contributed by atoms with van der Waals surface area (Å²) >= 11 is 0. The first-order chi connectivity index (χ1) is 16.1. The molecule has 2 saturated heterocycles. The van der Waals surface area contributed by atoms with Crippen LogP contribution in [-0.4, -0.2) is 46.5 Å². The van der Waals surface area contributed by atoms with E-state index in [1.807, 2.05) is 48.5 Å². The zero-order valence-corrected chi connectivity index (χ0v) is 20.3. The number of urea groups is 1. The molecule has 2 fully saturated rings. The van der Waals surface area contributed by atoms with Crippen LogP contribution in [0.25, 0.3) is 11.1 Å². The topological polar surface area (TPSA) is 78.7 Å². The van der Waals surface area contributed by atoms with Crippen molar-refractivity contribution in [1.29, 1.82) is 0 Å². The smallest absolute Gasteiger partial charge is 0.326 e. The van der Waals surface area contributed by atoms with Gasteiger partial charge in [0.25, 0.3) is 5.91 Å². The second kappa shape index (κ2) is 8.24. The number of hydrogen-bond acceptors (Lipinski definition) is 5. The van der Waals surface area contributed by atoms with E-state index in [0.717, 1.165) is 48.5 Å². The van der Waals surface area contributed by atoms with Crippen LogP contribution in [0, 0.1) is 0 Å². The number of amides is 3. The minimum absolute atomic E-state index is 0.0262. The van der Waals surface area contributed by atoms with Gasteiger partial charge in [0, 0.05) is 19.0 Å². The molecule has 3 aromatic rings. The first-order valence-electron chi connectivity index (χ1n) is 12.0. The van der Waals surface area contributed by atoms with Crippen LogP contribution in [0.4, 0.5) is 4.79 Å². The summed E-state index contributed by atoms with van der Waals surface area (Å²) < 4.78 is 5.96. The Morgan fingerprint density at radius 2 is 1.74 bits per heavy atom. The lowest BCUT2D eigenvalue weighted by Gasteiger charge is -2.32. The molecule has 0 bridgehead atoms. The maximum atomic E-state index is 13.4. The fourth-order valence-corrected chi connectivity index (χ4v) is 4.91. The van der Waals surface area contributed by atoms with Gasteiger partial charge in [-0.2, -0.15) is 0 Å². The van der Waals surface area contributed by atoms with E-state index in [-0.39, 0.29) is 23.3 Å². The Morgan fingerprint density at radius 1 is 1.06 bits per heavy atom. The number of hydrogen-bond donors (Lipinski definition) is 1. The van der Waals surface area contributed by atoms with E-state index in [9.17, 15) is 9.59 Å². The lowest BCUT2D eigenvalue weighted by atomic mass is 9.84. The van der Waals surface area contributed by atoms with Crippen LogP contribution in [0.5, 0.6) is 0 Å². The van der Waals surface area contributed by atoms with Crippen molar-refractivity contribution in [2.24, 2.45) is 0 Å². The molecule has 1 atom stereocenters. The maximum absolute atomic E-state index is 13.4. The number of carbonyl (C=O) groups excluding carboxylic acids is 2. The third kappa shape index (κ3) is 3.98. The summed E-state index contributed by atoms with van der Waals surface area (Å²) in [5, 5.41) is 2.93. The molecule has 7 heteroatoms. The van der Waals surface area contributed by atoms with E-state index >= 15 is 0 Å². The summed E-state index contributed by atoms with van der Waals surface area (Å²) in [5.74, 6) is 0.822. The number of para-hydroxylation sites is 2. The minimum atomic E-state index is -1.05. The first-order valence-corrected chi connectivity index (χ1v) is 12.0. The summed E-state index contributed by atoms with van der Waals surface area (Å²) in [5.41, 5.74) is 2.66. The number of aromatic nitrogens is 1. The Balaban J connectivity index is 1.24.